The second kappa shape index (κ2) is 14.4. The highest BCUT2D eigenvalue weighted by molar-refractivity contribution is 6.03. The minimum atomic E-state index is 0.241. The van der Waals surface area contributed by atoms with Gasteiger partial charge in [0.1, 0.15) is 0 Å². The van der Waals surface area contributed by atoms with Crippen molar-refractivity contribution in [3.05, 3.63) is 46.5 Å². The molecule has 0 aromatic heterocycles. The van der Waals surface area contributed by atoms with Gasteiger partial charge < -0.3 is 0 Å². The van der Waals surface area contributed by atoms with Crippen LogP contribution >= 0.6 is 0 Å². The maximum absolute atomic E-state index is 12.8. The molecule has 0 aliphatic heterocycles. The molecule has 1 aromatic carbocycles. The van der Waals surface area contributed by atoms with Crippen molar-refractivity contribution in [1.82, 2.24) is 0 Å². The van der Waals surface area contributed by atoms with E-state index in [1.807, 2.05) is 0 Å². The number of hydrogen-bond acceptors (Lipinski definition) is 2. The van der Waals surface area contributed by atoms with Crippen molar-refractivity contribution in [3.8, 4) is 0 Å². The lowest BCUT2D eigenvalue weighted by molar-refractivity contribution is -0.118. The van der Waals surface area contributed by atoms with Crippen LogP contribution in [0.4, 0.5) is 0 Å². The average molecular weight is 463 g/mol. The summed E-state index contributed by atoms with van der Waals surface area (Å²) in [5, 5.41) is 0. The zero-order chi connectivity index (χ0) is 24.2. The lowest BCUT2D eigenvalue weighted by Crippen LogP contribution is -2.07. The summed E-state index contributed by atoms with van der Waals surface area (Å²) in [6.45, 7) is 4.48. The third-order valence-electron chi connectivity index (χ3n) is 7.83. The summed E-state index contributed by atoms with van der Waals surface area (Å²) in [6.07, 6.45) is 22.8. The van der Waals surface area contributed by atoms with Crippen LogP contribution in [-0.2, 0) is 9.59 Å². The normalized spacial score (nSPS) is 23.0. The second-order valence-corrected chi connectivity index (χ2v) is 10.6. The predicted octanol–water partition coefficient (Wildman–Crippen LogP) is 9.13. The van der Waals surface area contributed by atoms with Crippen molar-refractivity contribution in [2.24, 2.45) is 11.8 Å². The molecule has 0 bridgehead atoms. The van der Waals surface area contributed by atoms with Crippen molar-refractivity contribution in [1.29, 1.82) is 0 Å². The van der Waals surface area contributed by atoms with Gasteiger partial charge in [-0.2, -0.15) is 0 Å². The summed E-state index contributed by atoms with van der Waals surface area (Å²) in [4.78, 5) is 25.6. The Morgan fingerprint density at radius 1 is 0.618 bits per heavy atom. The van der Waals surface area contributed by atoms with E-state index in [0.717, 1.165) is 60.8 Å². The number of Topliss-reactive ketones (excluding diaryl/α,β-unsaturated/α-hetero) is 2. The quantitative estimate of drug-likeness (QED) is 0.204. The molecule has 0 amide bonds. The molecule has 2 heteroatoms. The van der Waals surface area contributed by atoms with Gasteiger partial charge in [0.15, 0.2) is 11.6 Å². The van der Waals surface area contributed by atoms with Crippen LogP contribution in [0.2, 0.25) is 0 Å². The van der Waals surface area contributed by atoms with E-state index in [1.165, 1.54) is 64.2 Å². The Bertz CT molecular complexity index is 771. The molecule has 2 nitrogen and oxygen atoms in total. The molecule has 2 unspecified atom stereocenters. The largest absolute Gasteiger partial charge is 0.294 e. The Labute approximate surface area is 208 Å². The summed E-state index contributed by atoms with van der Waals surface area (Å²) in [6, 6.07) is 8.37. The molecule has 0 saturated heterocycles. The molecular formula is C32H46O2. The van der Waals surface area contributed by atoms with Crippen LogP contribution in [0.3, 0.4) is 0 Å². The monoisotopic (exact) mass is 462 g/mol. The van der Waals surface area contributed by atoms with Gasteiger partial charge in [-0.15, -0.1) is 0 Å². The molecule has 1 aromatic rings. The van der Waals surface area contributed by atoms with Gasteiger partial charge in [0, 0.05) is 11.8 Å². The van der Waals surface area contributed by atoms with E-state index < -0.39 is 0 Å². The highest BCUT2D eigenvalue weighted by Crippen LogP contribution is 2.33. The van der Waals surface area contributed by atoms with Crippen LogP contribution in [-0.4, -0.2) is 11.6 Å². The molecule has 2 aliphatic carbocycles. The van der Waals surface area contributed by atoms with Crippen molar-refractivity contribution < 1.29 is 9.59 Å². The van der Waals surface area contributed by atoms with E-state index in [2.05, 4.69) is 50.3 Å². The smallest absolute Gasteiger partial charge is 0.161 e. The minimum Gasteiger partial charge on any atom is -0.294 e. The Balaban J connectivity index is 1.48. The Hall–Kier alpha value is -1.96. The fourth-order valence-corrected chi connectivity index (χ4v) is 5.61. The lowest BCUT2D eigenvalue weighted by Gasteiger charge is -2.07. The van der Waals surface area contributed by atoms with Gasteiger partial charge in [-0.1, -0.05) is 102 Å². The number of carbonyl (C=O) groups excluding carboxylic acids is 2. The molecule has 2 aliphatic rings. The van der Waals surface area contributed by atoms with E-state index in [9.17, 15) is 9.59 Å². The SMILES string of the molecule is CCCCCCCC1CC/C(=C\c2ccc(/C=C3\CCC(CCCCCCC)C3=O)cc2)C1=O. The molecule has 0 heterocycles. The van der Waals surface area contributed by atoms with E-state index >= 15 is 0 Å². The van der Waals surface area contributed by atoms with Crippen LogP contribution < -0.4 is 0 Å². The van der Waals surface area contributed by atoms with Gasteiger partial charge in [-0.05, 0) is 73.0 Å². The van der Waals surface area contributed by atoms with Crippen molar-refractivity contribution in [2.45, 2.75) is 117 Å². The molecule has 34 heavy (non-hydrogen) atoms. The number of benzene rings is 1. The van der Waals surface area contributed by atoms with Crippen molar-refractivity contribution >= 4 is 23.7 Å². The van der Waals surface area contributed by atoms with Crippen molar-refractivity contribution in [2.75, 3.05) is 0 Å². The van der Waals surface area contributed by atoms with Crippen LogP contribution in [0.25, 0.3) is 12.2 Å². The van der Waals surface area contributed by atoms with E-state index in [-0.39, 0.29) is 11.8 Å². The van der Waals surface area contributed by atoms with E-state index in [4.69, 9.17) is 0 Å². The van der Waals surface area contributed by atoms with Gasteiger partial charge in [-0.3, -0.25) is 9.59 Å². The summed E-state index contributed by atoms with van der Waals surface area (Å²) >= 11 is 0. The van der Waals surface area contributed by atoms with Crippen LogP contribution in [0.5, 0.6) is 0 Å². The van der Waals surface area contributed by atoms with Crippen LogP contribution in [0, 0.1) is 11.8 Å². The summed E-state index contributed by atoms with van der Waals surface area (Å²) < 4.78 is 0. The van der Waals surface area contributed by atoms with Gasteiger partial charge in [0.25, 0.3) is 0 Å². The number of rotatable bonds is 14. The molecule has 186 valence electrons. The second-order valence-electron chi connectivity index (χ2n) is 10.6. The highest BCUT2D eigenvalue weighted by Gasteiger charge is 2.29. The minimum absolute atomic E-state index is 0.241. The van der Waals surface area contributed by atoms with E-state index in [1.54, 1.807) is 0 Å². The third-order valence-corrected chi connectivity index (χ3v) is 7.83. The Morgan fingerprint density at radius 3 is 1.38 bits per heavy atom. The standard InChI is InChI=1S/C32H46O2/c1-3-5-7-9-11-13-27-19-21-29(31(27)33)23-25-15-17-26(18-16-25)24-30-22-20-28(32(30)34)14-12-10-8-6-4-2/h15-18,23-24,27-28H,3-14,19-22H2,1-2H3/b29-23+,30-24+. The first kappa shape index (κ1) is 26.6. The number of ketones is 2. The lowest BCUT2D eigenvalue weighted by atomic mass is 9.97. The molecule has 2 atom stereocenters. The summed E-state index contributed by atoms with van der Waals surface area (Å²) in [5.74, 6) is 1.23. The maximum atomic E-state index is 12.8. The molecule has 3 rings (SSSR count). The first-order chi connectivity index (χ1) is 16.6. The third kappa shape index (κ3) is 8.07. The first-order valence-electron chi connectivity index (χ1n) is 14.2. The number of unbranched alkanes of at least 4 members (excludes halogenated alkanes) is 8. The summed E-state index contributed by atoms with van der Waals surface area (Å²) in [7, 11) is 0. The van der Waals surface area contributed by atoms with E-state index in [0.29, 0.717) is 11.6 Å². The molecule has 0 radical (unpaired) electrons. The zero-order valence-corrected chi connectivity index (χ0v) is 21.7. The fourth-order valence-electron chi connectivity index (χ4n) is 5.61. The number of carbonyl (C=O) groups is 2. The summed E-state index contributed by atoms with van der Waals surface area (Å²) in [5.41, 5.74) is 4.18. The Morgan fingerprint density at radius 2 is 1.00 bits per heavy atom. The van der Waals surface area contributed by atoms with Gasteiger partial charge in [-0.25, -0.2) is 0 Å². The maximum Gasteiger partial charge on any atom is 0.161 e. The average Bonchev–Trinajstić information content (AvgIpc) is 3.37. The molecule has 2 saturated carbocycles. The fraction of sp³-hybridized carbons (Fsp3) is 0.625. The highest BCUT2D eigenvalue weighted by atomic mass is 16.1. The first-order valence-corrected chi connectivity index (χ1v) is 14.2. The number of hydrogen-bond donors (Lipinski definition) is 0. The number of allylic oxidation sites excluding steroid dienone is 2. The topological polar surface area (TPSA) is 34.1 Å². The molecule has 0 N–H and O–H groups in total. The molecule has 2 fully saturated rings. The van der Waals surface area contributed by atoms with Gasteiger partial charge in [0.2, 0.25) is 0 Å². The predicted molar refractivity (Wildman–Crippen MR) is 145 cm³/mol. The van der Waals surface area contributed by atoms with Gasteiger partial charge >= 0.3 is 0 Å². The molecular weight excluding hydrogens is 416 g/mol. The van der Waals surface area contributed by atoms with Crippen LogP contribution in [0.1, 0.15) is 128 Å². The molecule has 0 spiro atoms. The zero-order valence-electron chi connectivity index (χ0n) is 21.7. The van der Waals surface area contributed by atoms with Crippen LogP contribution in [0.15, 0.2) is 35.4 Å². The van der Waals surface area contributed by atoms with Gasteiger partial charge in [0.05, 0.1) is 0 Å². The van der Waals surface area contributed by atoms with Crippen molar-refractivity contribution in [3.63, 3.8) is 0 Å². The Kier molecular flexibility index (Phi) is 11.3.